The summed E-state index contributed by atoms with van der Waals surface area (Å²) in [6.45, 7) is 4.80. The molecule has 3 rings (SSSR count). The number of piperazine rings is 1. The summed E-state index contributed by atoms with van der Waals surface area (Å²) >= 11 is 0. The van der Waals surface area contributed by atoms with Crippen LogP contribution in [0.5, 0.6) is 0 Å². The molecule has 0 bridgehead atoms. The lowest BCUT2D eigenvalue weighted by Crippen LogP contribution is -2.47. The van der Waals surface area contributed by atoms with Crippen LogP contribution in [-0.4, -0.2) is 48.7 Å². The van der Waals surface area contributed by atoms with E-state index in [9.17, 15) is 4.39 Å². The first-order chi connectivity index (χ1) is 10.2. The van der Waals surface area contributed by atoms with E-state index in [4.69, 9.17) is 10.9 Å². The molecule has 1 aromatic carbocycles. The molecule has 5 nitrogen and oxygen atoms in total. The van der Waals surface area contributed by atoms with Gasteiger partial charge < -0.3 is 15.8 Å². The van der Waals surface area contributed by atoms with Gasteiger partial charge in [-0.15, -0.1) is 0 Å². The molecule has 1 saturated carbocycles. The summed E-state index contributed by atoms with van der Waals surface area (Å²) < 4.78 is 14.0. The first-order valence-corrected chi connectivity index (χ1v) is 7.42. The van der Waals surface area contributed by atoms with Gasteiger partial charge in [0.1, 0.15) is 5.82 Å². The highest BCUT2D eigenvalue weighted by Crippen LogP contribution is 2.30. The third-order valence-corrected chi connectivity index (χ3v) is 4.28. The third-order valence-electron chi connectivity index (χ3n) is 4.28. The van der Waals surface area contributed by atoms with Crippen LogP contribution in [0.4, 0.5) is 10.1 Å². The van der Waals surface area contributed by atoms with Crippen LogP contribution in [0, 0.1) is 11.7 Å². The number of halogens is 1. The van der Waals surface area contributed by atoms with Gasteiger partial charge in [-0.05, 0) is 30.9 Å². The van der Waals surface area contributed by atoms with Crippen molar-refractivity contribution in [2.75, 3.05) is 37.6 Å². The van der Waals surface area contributed by atoms with E-state index in [1.54, 1.807) is 6.07 Å². The van der Waals surface area contributed by atoms with Gasteiger partial charge in [0.15, 0.2) is 5.84 Å². The van der Waals surface area contributed by atoms with Crippen LogP contribution >= 0.6 is 0 Å². The second-order valence-electron chi connectivity index (χ2n) is 5.85. The number of nitrogens with zero attached hydrogens (tertiary/aromatic N) is 3. The SMILES string of the molecule is NC(=NO)c1c(F)cccc1N1CCN(CC2CC2)CC1. The largest absolute Gasteiger partial charge is 0.409 e. The third kappa shape index (κ3) is 3.10. The molecule has 1 aromatic rings. The molecule has 6 heteroatoms. The molecule has 0 aromatic heterocycles. The standard InChI is InChI=1S/C15H21FN4O/c16-12-2-1-3-13(14(12)15(17)18-21)20-8-6-19(7-9-20)10-11-4-5-11/h1-3,11,21H,4-10H2,(H2,17,18). The molecule has 1 saturated heterocycles. The van der Waals surface area contributed by atoms with E-state index in [0.717, 1.165) is 32.1 Å². The molecule has 2 aliphatic rings. The predicted molar refractivity (Wildman–Crippen MR) is 80.3 cm³/mol. The Labute approximate surface area is 123 Å². The summed E-state index contributed by atoms with van der Waals surface area (Å²) in [7, 11) is 0. The summed E-state index contributed by atoms with van der Waals surface area (Å²) in [4.78, 5) is 4.58. The van der Waals surface area contributed by atoms with Crippen molar-refractivity contribution in [1.82, 2.24) is 4.90 Å². The molecule has 0 spiro atoms. The molecule has 0 atom stereocenters. The molecule has 1 heterocycles. The van der Waals surface area contributed by atoms with Crippen LogP contribution in [-0.2, 0) is 0 Å². The van der Waals surface area contributed by atoms with Crippen LogP contribution < -0.4 is 10.6 Å². The monoisotopic (exact) mass is 292 g/mol. The Kier molecular flexibility index (Phi) is 3.96. The quantitative estimate of drug-likeness (QED) is 0.381. The summed E-state index contributed by atoms with van der Waals surface area (Å²) in [5.41, 5.74) is 6.52. The molecule has 0 unspecified atom stereocenters. The van der Waals surface area contributed by atoms with E-state index >= 15 is 0 Å². The van der Waals surface area contributed by atoms with Crippen LogP contribution in [0.25, 0.3) is 0 Å². The van der Waals surface area contributed by atoms with Gasteiger partial charge in [0.2, 0.25) is 0 Å². The van der Waals surface area contributed by atoms with E-state index in [1.807, 2.05) is 6.07 Å². The van der Waals surface area contributed by atoms with Crippen molar-refractivity contribution in [2.45, 2.75) is 12.8 Å². The number of anilines is 1. The van der Waals surface area contributed by atoms with Crippen molar-refractivity contribution in [3.8, 4) is 0 Å². The number of hydrogen-bond donors (Lipinski definition) is 2. The Hall–Kier alpha value is -1.82. The van der Waals surface area contributed by atoms with Crippen molar-refractivity contribution in [3.63, 3.8) is 0 Å². The fraction of sp³-hybridized carbons (Fsp3) is 0.533. The van der Waals surface area contributed by atoms with Crippen molar-refractivity contribution in [1.29, 1.82) is 0 Å². The lowest BCUT2D eigenvalue weighted by atomic mass is 10.1. The van der Waals surface area contributed by atoms with Crippen LogP contribution in [0.2, 0.25) is 0 Å². The van der Waals surface area contributed by atoms with Gasteiger partial charge in [0, 0.05) is 32.7 Å². The Morgan fingerprint density at radius 2 is 2.00 bits per heavy atom. The molecule has 3 N–H and O–H groups in total. The first-order valence-electron chi connectivity index (χ1n) is 7.42. The van der Waals surface area contributed by atoms with Gasteiger partial charge in [-0.2, -0.15) is 0 Å². The van der Waals surface area contributed by atoms with Crippen LogP contribution in [0.3, 0.4) is 0 Å². The van der Waals surface area contributed by atoms with Gasteiger partial charge >= 0.3 is 0 Å². The summed E-state index contributed by atoms with van der Waals surface area (Å²) in [6.07, 6.45) is 2.72. The zero-order valence-electron chi connectivity index (χ0n) is 12.0. The minimum atomic E-state index is -0.455. The highest BCUT2D eigenvalue weighted by molar-refractivity contribution is 6.02. The summed E-state index contributed by atoms with van der Waals surface area (Å²) in [5.74, 6) is 0.255. The van der Waals surface area contributed by atoms with Crippen LogP contribution in [0.1, 0.15) is 18.4 Å². The lowest BCUT2D eigenvalue weighted by Gasteiger charge is -2.37. The lowest BCUT2D eigenvalue weighted by molar-refractivity contribution is 0.248. The number of benzene rings is 1. The fourth-order valence-electron chi connectivity index (χ4n) is 2.92. The Morgan fingerprint density at radius 3 is 2.62 bits per heavy atom. The maximum absolute atomic E-state index is 14.0. The molecular weight excluding hydrogens is 271 g/mol. The van der Waals surface area contributed by atoms with E-state index in [1.165, 1.54) is 25.5 Å². The molecular formula is C15H21FN4O. The highest BCUT2D eigenvalue weighted by atomic mass is 19.1. The van der Waals surface area contributed by atoms with Gasteiger partial charge in [-0.25, -0.2) is 4.39 Å². The van der Waals surface area contributed by atoms with Crippen molar-refractivity contribution in [3.05, 3.63) is 29.6 Å². The first kappa shape index (κ1) is 14.1. The Morgan fingerprint density at radius 1 is 1.29 bits per heavy atom. The van der Waals surface area contributed by atoms with Gasteiger partial charge in [-0.1, -0.05) is 11.2 Å². The zero-order valence-corrected chi connectivity index (χ0v) is 12.0. The molecule has 0 amide bonds. The summed E-state index contributed by atoms with van der Waals surface area (Å²) in [6, 6.07) is 4.82. The molecule has 0 radical (unpaired) electrons. The molecule has 1 aliphatic heterocycles. The minimum Gasteiger partial charge on any atom is -0.409 e. The molecule has 114 valence electrons. The van der Waals surface area contributed by atoms with Gasteiger partial charge in [0.25, 0.3) is 0 Å². The fourth-order valence-corrected chi connectivity index (χ4v) is 2.92. The van der Waals surface area contributed by atoms with Crippen molar-refractivity contribution < 1.29 is 9.60 Å². The minimum absolute atomic E-state index is 0.177. The van der Waals surface area contributed by atoms with E-state index in [-0.39, 0.29) is 11.4 Å². The molecule has 21 heavy (non-hydrogen) atoms. The second-order valence-corrected chi connectivity index (χ2v) is 5.85. The summed E-state index contributed by atoms with van der Waals surface area (Å²) in [5, 5.41) is 11.8. The second kappa shape index (κ2) is 5.89. The normalized spacial score (nSPS) is 20.8. The smallest absolute Gasteiger partial charge is 0.175 e. The maximum Gasteiger partial charge on any atom is 0.175 e. The Bertz CT molecular complexity index is 536. The number of nitrogens with two attached hydrogens (primary N) is 1. The van der Waals surface area contributed by atoms with Crippen molar-refractivity contribution in [2.24, 2.45) is 16.8 Å². The van der Waals surface area contributed by atoms with Gasteiger partial charge in [0.05, 0.1) is 11.3 Å². The average Bonchev–Trinajstić information content (AvgIpc) is 3.31. The van der Waals surface area contributed by atoms with E-state index in [2.05, 4.69) is 15.0 Å². The Balaban J connectivity index is 1.74. The van der Waals surface area contributed by atoms with Gasteiger partial charge in [-0.3, -0.25) is 4.90 Å². The van der Waals surface area contributed by atoms with Crippen LogP contribution in [0.15, 0.2) is 23.4 Å². The number of amidine groups is 1. The van der Waals surface area contributed by atoms with E-state index in [0.29, 0.717) is 5.69 Å². The number of hydrogen-bond acceptors (Lipinski definition) is 4. The topological polar surface area (TPSA) is 65.1 Å². The van der Waals surface area contributed by atoms with E-state index < -0.39 is 5.82 Å². The predicted octanol–water partition coefficient (Wildman–Crippen LogP) is 1.45. The molecule has 1 aliphatic carbocycles. The molecule has 2 fully saturated rings. The number of rotatable bonds is 4. The highest BCUT2D eigenvalue weighted by Gasteiger charge is 2.27. The average molecular weight is 292 g/mol. The number of oxime groups is 1. The maximum atomic E-state index is 14.0. The zero-order chi connectivity index (χ0) is 14.8. The van der Waals surface area contributed by atoms with Crippen molar-refractivity contribution >= 4 is 11.5 Å².